The second kappa shape index (κ2) is 9.08. The van der Waals surface area contributed by atoms with E-state index < -0.39 is 5.97 Å². The first-order valence-electron chi connectivity index (χ1n) is 9.93. The largest absolute Gasteiger partial charge is 0.478 e. The second-order valence-electron chi connectivity index (χ2n) is 7.27. The summed E-state index contributed by atoms with van der Waals surface area (Å²) in [4.78, 5) is 22.2. The average Bonchev–Trinajstić information content (AvgIpc) is 3.10. The lowest BCUT2D eigenvalue weighted by atomic mass is 10.1. The molecule has 0 amide bonds. The Bertz CT molecular complexity index is 1270. The summed E-state index contributed by atoms with van der Waals surface area (Å²) in [5.74, 6) is -0.168. The van der Waals surface area contributed by atoms with Crippen LogP contribution in [-0.2, 0) is 6.42 Å². The van der Waals surface area contributed by atoms with Crippen LogP contribution in [0.3, 0.4) is 0 Å². The normalized spacial score (nSPS) is 11.1. The highest BCUT2D eigenvalue weighted by Gasteiger charge is 2.13. The number of nitrogens with zero attached hydrogens (tertiary/aromatic N) is 2. The van der Waals surface area contributed by atoms with Gasteiger partial charge in [0.1, 0.15) is 12.1 Å². The summed E-state index contributed by atoms with van der Waals surface area (Å²) in [6.07, 6.45) is 4.32. The van der Waals surface area contributed by atoms with Gasteiger partial charge in [0.25, 0.3) is 0 Å². The number of thioether (sulfide) groups is 1. The molecule has 0 radical (unpaired) electrons. The van der Waals surface area contributed by atoms with Crippen molar-refractivity contribution in [3.63, 3.8) is 0 Å². The van der Waals surface area contributed by atoms with Crippen LogP contribution >= 0.6 is 23.1 Å². The van der Waals surface area contributed by atoms with E-state index in [1.807, 2.05) is 29.7 Å². The van der Waals surface area contributed by atoms with E-state index in [0.29, 0.717) is 10.5 Å². The molecular formula is C24H23N3O2S2. The number of anilines is 1. The minimum Gasteiger partial charge on any atom is -0.478 e. The number of nitrogens with one attached hydrogen (secondary N) is 1. The summed E-state index contributed by atoms with van der Waals surface area (Å²) in [6.45, 7) is 5.12. The number of thiophene rings is 1. The quantitative estimate of drug-likeness (QED) is 0.335. The minimum atomic E-state index is -0.924. The molecule has 5 nitrogen and oxygen atoms in total. The van der Waals surface area contributed by atoms with E-state index in [4.69, 9.17) is 0 Å². The Labute approximate surface area is 189 Å². The van der Waals surface area contributed by atoms with Gasteiger partial charge in [0.05, 0.1) is 11.3 Å². The number of rotatable bonds is 7. The van der Waals surface area contributed by atoms with E-state index >= 15 is 0 Å². The second-order valence-corrected chi connectivity index (χ2v) is 9.35. The Balaban J connectivity index is 1.51. The van der Waals surface area contributed by atoms with Gasteiger partial charge < -0.3 is 10.4 Å². The van der Waals surface area contributed by atoms with E-state index in [0.717, 1.165) is 30.0 Å². The van der Waals surface area contributed by atoms with Gasteiger partial charge in [-0.1, -0.05) is 24.3 Å². The van der Waals surface area contributed by atoms with Crippen LogP contribution < -0.4 is 5.32 Å². The number of carbonyl (C=O) groups is 1. The van der Waals surface area contributed by atoms with Gasteiger partial charge in [-0.25, -0.2) is 14.8 Å². The fraction of sp³-hybridized carbons (Fsp3) is 0.208. The SMILES string of the molecule is CSc1cc(-c2cc(NCCc3c(C)sc4c(C)cccc34)ncn2)ccc1C(=O)O. The molecule has 4 rings (SSSR count). The number of carboxylic acids is 1. The van der Waals surface area contributed by atoms with E-state index in [1.165, 1.54) is 44.2 Å². The van der Waals surface area contributed by atoms with Gasteiger partial charge in [0, 0.05) is 32.6 Å². The van der Waals surface area contributed by atoms with Gasteiger partial charge in [-0.15, -0.1) is 23.1 Å². The Morgan fingerprint density at radius 3 is 2.77 bits per heavy atom. The topological polar surface area (TPSA) is 75.1 Å². The van der Waals surface area contributed by atoms with Crippen molar-refractivity contribution in [3.05, 3.63) is 70.4 Å². The highest BCUT2D eigenvalue weighted by molar-refractivity contribution is 7.98. The van der Waals surface area contributed by atoms with Crippen LogP contribution in [0.1, 0.15) is 26.4 Å². The molecule has 0 atom stereocenters. The van der Waals surface area contributed by atoms with Crippen molar-refractivity contribution in [2.24, 2.45) is 0 Å². The number of fused-ring (bicyclic) bond motifs is 1. The number of hydrogen-bond donors (Lipinski definition) is 2. The van der Waals surface area contributed by atoms with Crippen molar-refractivity contribution < 1.29 is 9.90 Å². The van der Waals surface area contributed by atoms with Crippen molar-refractivity contribution in [2.45, 2.75) is 25.2 Å². The summed E-state index contributed by atoms with van der Waals surface area (Å²) < 4.78 is 1.37. The lowest BCUT2D eigenvalue weighted by Crippen LogP contribution is -2.07. The number of aromatic carboxylic acids is 1. The van der Waals surface area contributed by atoms with Gasteiger partial charge in [-0.3, -0.25) is 0 Å². The van der Waals surface area contributed by atoms with Crippen molar-refractivity contribution in [2.75, 3.05) is 18.1 Å². The standard InChI is InChI=1S/C24H23N3O2S2/c1-14-5-4-6-18-17(15(2)31-23(14)18)9-10-25-22-12-20(26-13-27-22)16-7-8-19(24(28)29)21(11-16)30-3/h4-8,11-13H,9-10H2,1-3H3,(H,28,29)(H,25,26,27). The minimum absolute atomic E-state index is 0.303. The van der Waals surface area contributed by atoms with Crippen molar-refractivity contribution >= 4 is 45.0 Å². The van der Waals surface area contributed by atoms with Crippen LogP contribution in [0.15, 0.2) is 53.7 Å². The molecule has 2 aromatic heterocycles. The smallest absolute Gasteiger partial charge is 0.336 e. The maximum absolute atomic E-state index is 11.4. The maximum atomic E-state index is 11.4. The molecule has 158 valence electrons. The molecular weight excluding hydrogens is 426 g/mol. The Hall–Kier alpha value is -2.90. The number of benzene rings is 2. The first kappa shape index (κ1) is 21.3. The first-order valence-corrected chi connectivity index (χ1v) is 12.0. The summed E-state index contributed by atoms with van der Waals surface area (Å²) in [5, 5.41) is 14.1. The number of aryl methyl sites for hydroxylation is 2. The van der Waals surface area contributed by atoms with Crippen LogP contribution in [-0.4, -0.2) is 33.8 Å². The van der Waals surface area contributed by atoms with Crippen LogP contribution in [0.2, 0.25) is 0 Å². The molecule has 2 N–H and O–H groups in total. The van der Waals surface area contributed by atoms with Crippen molar-refractivity contribution in [1.82, 2.24) is 9.97 Å². The highest BCUT2D eigenvalue weighted by Crippen LogP contribution is 2.33. The first-order chi connectivity index (χ1) is 15.0. The molecule has 4 aromatic rings. The zero-order chi connectivity index (χ0) is 22.0. The molecule has 31 heavy (non-hydrogen) atoms. The van der Waals surface area contributed by atoms with Gasteiger partial charge >= 0.3 is 5.97 Å². The Morgan fingerprint density at radius 1 is 1.16 bits per heavy atom. The predicted octanol–water partition coefficient (Wildman–Crippen LogP) is 6.05. The number of aromatic nitrogens is 2. The fourth-order valence-electron chi connectivity index (χ4n) is 3.70. The van der Waals surface area contributed by atoms with Crippen LogP contribution in [0.4, 0.5) is 5.82 Å². The molecule has 0 saturated carbocycles. The third-order valence-corrected chi connectivity index (χ3v) is 7.37. The fourth-order valence-corrected chi connectivity index (χ4v) is 5.49. The van der Waals surface area contributed by atoms with E-state index in [9.17, 15) is 9.90 Å². The van der Waals surface area contributed by atoms with Crippen LogP contribution in [0.5, 0.6) is 0 Å². The van der Waals surface area contributed by atoms with E-state index in [1.54, 1.807) is 12.1 Å². The molecule has 0 aliphatic rings. The molecule has 2 aromatic carbocycles. The monoisotopic (exact) mass is 449 g/mol. The number of hydrogen-bond acceptors (Lipinski definition) is 6. The van der Waals surface area contributed by atoms with Crippen LogP contribution in [0.25, 0.3) is 21.3 Å². The molecule has 7 heteroatoms. The van der Waals surface area contributed by atoms with Crippen molar-refractivity contribution in [3.8, 4) is 11.3 Å². The molecule has 0 unspecified atom stereocenters. The molecule has 2 heterocycles. The molecule has 0 aliphatic carbocycles. The van der Waals surface area contributed by atoms with Gasteiger partial charge in [-0.2, -0.15) is 0 Å². The van der Waals surface area contributed by atoms with E-state index in [2.05, 4.69) is 47.3 Å². The van der Waals surface area contributed by atoms with Gasteiger partial charge in [0.2, 0.25) is 0 Å². The third-order valence-electron chi connectivity index (χ3n) is 5.29. The van der Waals surface area contributed by atoms with Crippen LogP contribution in [0, 0.1) is 13.8 Å². The lowest BCUT2D eigenvalue weighted by Gasteiger charge is -2.09. The summed E-state index contributed by atoms with van der Waals surface area (Å²) in [7, 11) is 0. The van der Waals surface area contributed by atoms with Crippen molar-refractivity contribution in [1.29, 1.82) is 0 Å². The Kier molecular flexibility index (Phi) is 6.25. The molecule has 0 bridgehead atoms. The molecule has 0 saturated heterocycles. The zero-order valence-corrected chi connectivity index (χ0v) is 19.2. The molecule has 0 aliphatic heterocycles. The highest BCUT2D eigenvalue weighted by atomic mass is 32.2. The Morgan fingerprint density at radius 2 is 2.00 bits per heavy atom. The number of carboxylic acid groups (broad SMARTS) is 1. The average molecular weight is 450 g/mol. The van der Waals surface area contributed by atoms with Gasteiger partial charge in [0.15, 0.2) is 0 Å². The summed E-state index contributed by atoms with van der Waals surface area (Å²) in [5.41, 5.74) is 4.65. The molecule has 0 fully saturated rings. The lowest BCUT2D eigenvalue weighted by molar-refractivity contribution is 0.0693. The summed E-state index contributed by atoms with van der Waals surface area (Å²) in [6, 6.07) is 13.7. The predicted molar refractivity (Wildman–Crippen MR) is 130 cm³/mol. The summed E-state index contributed by atoms with van der Waals surface area (Å²) >= 11 is 3.27. The van der Waals surface area contributed by atoms with E-state index in [-0.39, 0.29) is 0 Å². The zero-order valence-electron chi connectivity index (χ0n) is 17.6. The molecule has 0 spiro atoms. The van der Waals surface area contributed by atoms with Gasteiger partial charge in [-0.05, 0) is 55.2 Å². The third kappa shape index (κ3) is 4.43. The maximum Gasteiger partial charge on any atom is 0.336 e.